The zero-order valence-electron chi connectivity index (χ0n) is 11.6. The Morgan fingerprint density at radius 2 is 1.90 bits per heavy atom. The molecule has 114 valence electrons. The number of amides is 1. The standard InChI is InChI=1S/C15H18FNO4/c16-10-4-5-12(18)11(8-10)14(21)17-15(9-13(19)20)6-2-1-3-7-15/h4-5,8,18H,1-3,6-7,9H2,(H,17,21)(H,19,20). The Morgan fingerprint density at radius 3 is 2.52 bits per heavy atom. The van der Waals surface area contributed by atoms with Crippen LogP contribution in [-0.2, 0) is 4.79 Å². The fourth-order valence-corrected chi connectivity index (χ4v) is 2.86. The van der Waals surface area contributed by atoms with Gasteiger partial charge in [-0.05, 0) is 31.0 Å². The molecule has 1 amide bonds. The number of benzene rings is 1. The van der Waals surface area contributed by atoms with Crippen molar-refractivity contribution in [1.29, 1.82) is 0 Å². The lowest BCUT2D eigenvalue weighted by Crippen LogP contribution is -2.51. The molecule has 0 heterocycles. The average Bonchev–Trinajstić information content (AvgIpc) is 2.41. The Bertz CT molecular complexity index is 553. The first kappa shape index (κ1) is 15.3. The summed E-state index contributed by atoms with van der Waals surface area (Å²) in [5, 5.41) is 21.4. The molecule has 0 radical (unpaired) electrons. The summed E-state index contributed by atoms with van der Waals surface area (Å²) in [5.41, 5.74) is -0.995. The summed E-state index contributed by atoms with van der Waals surface area (Å²) in [5.74, 6) is -2.58. The molecule has 0 unspecified atom stereocenters. The molecule has 0 aliphatic heterocycles. The number of carboxylic acid groups (broad SMARTS) is 1. The number of carboxylic acids is 1. The molecule has 1 aromatic rings. The zero-order chi connectivity index (χ0) is 15.5. The van der Waals surface area contributed by atoms with Gasteiger partial charge in [0.2, 0.25) is 0 Å². The van der Waals surface area contributed by atoms with Crippen LogP contribution in [0, 0.1) is 5.82 Å². The van der Waals surface area contributed by atoms with Crippen LogP contribution < -0.4 is 5.32 Å². The molecule has 0 bridgehead atoms. The minimum Gasteiger partial charge on any atom is -0.507 e. The van der Waals surface area contributed by atoms with Crippen LogP contribution in [0.1, 0.15) is 48.9 Å². The monoisotopic (exact) mass is 295 g/mol. The second-order valence-corrected chi connectivity index (χ2v) is 5.53. The van der Waals surface area contributed by atoms with Gasteiger partial charge < -0.3 is 15.5 Å². The molecule has 2 rings (SSSR count). The highest BCUT2D eigenvalue weighted by atomic mass is 19.1. The van der Waals surface area contributed by atoms with Crippen LogP contribution in [0.15, 0.2) is 18.2 Å². The van der Waals surface area contributed by atoms with Crippen molar-refractivity contribution in [3.63, 3.8) is 0 Å². The maximum atomic E-state index is 13.2. The summed E-state index contributed by atoms with van der Waals surface area (Å²) >= 11 is 0. The minimum atomic E-state index is -0.985. The fraction of sp³-hybridized carbons (Fsp3) is 0.467. The lowest BCUT2D eigenvalue weighted by atomic mass is 9.79. The van der Waals surface area contributed by atoms with Crippen molar-refractivity contribution >= 4 is 11.9 Å². The van der Waals surface area contributed by atoms with Crippen molar-refractivity contribution in [2.75, 3.05) is 0 Å². The molecular formula is C15H18FNO4. The zero-order valence-corrected chi connectivity index (χ0v) is 11.6. The first-order valence-corrected chi connectivity index (χ1v) is 6.95. The van der Waals surface area contributed by atoms with Gasteiger partial charge in [0.15, 0.2) is 0 Å². The van der Waals surface area contributed by atoms with E-state index in [0.717, 1.165) is 37.5 Å². The number of carbonyl (C=O) groups is 2. The Kier molecular flexibility index (Phi) is 4.45. The number of rotatable bonds is 4. The van der Waals surface area contributed by atoms with Crippen molar-refractivity contribution in [1.82, 2.24) is 5.32 Å². The summed E-state index contributed by atoms with van der Waals surface area (Å²) in [7, 11) is 0. The van der Waals surface area contributed by atoms with Crippen LogP contribution in [0.5, 0.6) is 5.75 Å². The molecule has 1 aliphatic rings. The molecule has 0 atom stereocenters. The van der Waals surface area contributed by atoms with Gasteiger partial charge in [0.25, 0.3) is 5.91 Å². The minimum absolute atomic E-state index is 0.172. The summed E-state index contributed by atoms with van der Waals surface area (Å²) in [6, 6.07) is 3.11. The van der Waals surface area contributed by atoms with Crippen LogP contribution in [0.3, 0.4) is 0 Å². The number of phenolic OH excluding ortho intramolecular Hbond substituents is 1. The van der Waals surface area contributed by atoms with Crippen molar-refractivity contribution < 1.29 is 24.2 Å². The second kappa shape index (κ2) is 6.11. The first-order chi connectivity index (χ1) is 9.92. The van der Waals surface area contributed by atoms with E-state index in [-0.39, 0.29) is 17.7 Å². The molecule has 1 aliphatic carbocycles. The highest BCUT2D eigenvalue weighted by molar-refractivity contribution is 5.97. The summed E-state index contributed by atoms with van der Waals surface area (Å²) in [6.45, 7) is 0. The fourth-order valence-electron chi connectivity index (χ4n) is 2.86. The second-order valence-electron chi connectivity index (χ2n) is 5.53. The third-order valence-electron chi connectivity index (χ3n) is 3.88. The predicted octanol–water partition coefficient (Wildman–Crippen LogP) is 2.44. The Morgan fingerprint density at radius 1 is 1.24 bits per heavy atom. The van der Waals surface area contributed by atoms with Gasteiger partial charge in [0.05, 0.1) is 17.5 Å². The van der Waals surface area contributed by atoms with Gasteiger partial charge in [-0.3, -0.25) is 9.59 Å². The molecule has 3 N–H and O–H groups in total. The average molecular weight is 295 g/mol. The number of aliphatic carboxylic acids is 1. The van der Waals surface area contributed by atoms with Gasteiger partial charge in [-0.1, -0.05) is 19.3 Å². The molecular weight excluding hydrogens is 277 g/mol. The summed E-state index contributed by atoms with van der Waals surface area (Å²) < 4.78 is 13.2. The van der Waals surface area contributed by atoms with E-state index in [9.17, 15) is 19.1 Å². The van der Waals surface area contributed by atoms with Crippen LogP contribution >= 0.6 is 0 Å². The van der Waals surface area contributed by atoms with Gasteiger partial charge in [-0.2, -0.15) is 0 Å². The smallest absolute Gasteiger partial charge is 0.305 e. The number of aromatic hydroxyl groups is 1. The molecule has 5 nitrogen and oxygen atoms in total. The lowest BCUT2D eigenvalue weighted by molar-refractivity contribution is -0.139. The van der Waals surface area contributed by atoms with Crippen LogP contribution in [0.2, 0.25) is 0 Å². The van der Waals surface area contributed by atoms with Crippen LogP contribution in [0.4, 0.5) is 4.39 Å². The van der Waals surface area contributed by atoms with Gasteiger partial charge in [-0.25, -0.2) is 4.39 Å². The number of carbonyl (C=O) groups excluding carboxylic acids is 1. The third kappa shape index (κ3) is 3.71. The molecule has 0 saturated heterocycles. The van der Waals surface area contributed by atoms with Gasteiger partial charge in [0.1, 0.15) is 11.6 Å². The van der Waals surface area contributed by atoms with Crippen molar-refractivity contribution in [3.8, 4) is 5.75 Å². The SMILES string of the molecule is O=C(O)CC1(NC(=O)c2cc(F)ccc2O)CCCCC1. The molecule has 1 aromatic carbocycles. The molecule has 21 heavy (non-hydrogen) atoms. The summed E-state index contributed by atoms with van der Waals surface area (Å²) in [4.78, 5) is 23.3. The molecule has 1 saturated carbocycles. The highest BCUT2D eigenvalue weighted by Gasteiger charge is 2.36. The van der Waals surface area contributed by atoms with Crippen molar-refractivity contribution in [2.45, 2.75) is 44.1 Å². The van der Waals surface area contributed by atoms with Gasteiger partial charge in [0, 0.05) is 0 Å². The highest BCUT2D eigenvalue weighted by Crippen LogP contribution is 2.32. The summed E-state index contributed by atoms with van der Waals surface area (Å²) in [6.07, 6.45) is 3.64. The van der Waals surface area contributed by atoms with Crippen LogP contribution in [0.25, 0.3) is 0 Å². The molecule has 6 heteroatoms. The number of nitrogens with one attached hydrogen (secondary N) is 1. The van der Waals surface area contributed by atoms with E-state index in [1.807, 2.05) is 0 Å². The Balaban J connectivity index is 2.21. The van der Waals surface area contributed by atoms with E-state index in [0.29, 0.717) is 12.8 Å². The van der Waals surface area contributed by atoms with Crippen molar-refractivity contribution in [2.24, 2.45) is 0 Å². The van der Waals surface area contributed by atoms with E-state index >= 15 is 0 Å². The van der Waals surface area contributed by atoms with E-state index in [1.165, 1.54) is 0 Å². The largest absolute Gasteiger partial charge is 0.507 e. The predicted molar refractivity (Wildman–Crippen MR) is 73.6 cm³/mol. The van der Waals surface area contributed by atoms with E-state index in [2.05, 4.69) is 5.32 Å². The third-order valence-corrected chi connectivity index (χ3v) is 3.88. The molecule has 0 spiro atoms. The van der Waals surface area contributed by atoms with Crippen LogP contribution in [-0.4, -0.2) is 27.6 Å². The number of hydrogen-bond donors (Lipinski definition) is 3. The quantitative estimate of drug-likeness (QED) is 0.796. The molecule has 0 aromatic heterocycles. The van der Waals surface area contributed by atoms with E-state index in [4.69, 9.17) is 5.11 Å². The topological polar surface area (TPSA) is 86.6 Å². The lowest BCUT2D eigenvalue weighted by Gasteiger charge is -2.37. The normalized spacial score (nSPS) is 17.2. The van der Waals surface area contributed by atoms with Gasteiger partial charge in [-0.15, -0.1) is 0 Å². The Hall–Kier alpha value is -2.11. The number of hydrogen-bond acceptors (Lipinski definition) is 3. The number of halogens is 1. The van der Waals surface area contributed by atoms with E-state index < -0.39 is 23.2 Å². The van der Waals surface area contributed by atoms with E-state index in [1.54, 1.807) is 0 Å². The maximum absolute atomic E-state index is 13.2. The number of phenols is 1. The molecule has 1 fully saturated rings. The van der Waals surface area contributed by atoms with Gasteiger partial charge >= 0.3 is 5.97 Å². The van der Waals surface area contributed by atoms with Crippen molar-refractivity contribution in [3.05, 3.63) is 29.6 Å². The maximum Gasteiger partial charge on any atom is 0.305 e. The Labute approximate surface area is 121 Å². The first-order valence-electron chi connectivity index (χ1n) is 6.95.